The largest absolute Gasteiger partial charge is 0.480 e. The molecule has 0 aromatic carbocycles. The highest BCUT2D eigenvalue weighted by atomic mass is 16.4. The lowest BCUT2D eigenvalue weighted by Gasteiger charge is -2.17. The van der Waals surface area contributed by atoms with Gasteiger partial charge in [-0.1, -0.05) is 12.2 Å². The third-order valence-electron chi connectivity index (χ3n) is 2.29. The van der Waals surface area contributed by atoms with Crippen LogP contribution in [-0.2, 0) is 9.59 Å². The summed E-state index contributed by atoms with van der Waals surface area (Å²) in [6.45, 7) is 1.58. The van der Waals surface area contributed by atoms with Crippen molar-refractivity contribution < 1.29 is 14.7 Å². The summed E-state index contributed by atoms with van der Waals surface area (Å²) in [5.74, 6) is -1.34. The van der Waals surface area contributed by atoms with E-state index in [0.717, 1.165) is 12.8 Å². The summed E-state index contributed by atoms with van der Waals surface area (Å²) in [5, 5.41) is 14.3. The van der Waals surface area contributed by atoms with Crippen LogP contribution in [0, 0.1) is 0 Å². The number of carboxylic acids is 1. The maximum absolute atomic E-state index is 10.8. The van der Waals surface area contributed by atoms with E-state index in [1.54, 1.807) is 0 Å². The van der Waals surface area contributed by atoms with E-state index in [-0.39, 0.29) is 12.5 Å². The monoisotopic (exact) mass is 212 g/mol. The molecule has 0 fully saturated rings. The molecule has 1 amide bonds. The van der Waals surface area contributed by atoms with Gasteiger partial charge in [0.1, 0.15) is 6.04 Å². The van der Waals surface area contributed by atoms with Gasteiger partial charge >= 0.3 is 5.97 Å². The molecule has 15 heavy (non-hydrogen) atoms. The van der Waals surface area contributed by atoms with E-state index < -0.39 is 12.0 Å². The van der Waals surface area contributed by atoms with Crippen LogP contribution in [0.2, 0.25) is 0 Å². The van der Waals surface area contributed by atoms with Gasteiger partial charge in [-0.3, -0.25) is 4.79 Å². The summed E-state index contributed by atoms with van der Waals surface area (Å²) >= 11 is 0. The van der Waals surface area contributed by atoms with Crippen molar-refractivity contribution in [3.8, 4) is 0 Å². The first kappa shape index (κ1) is 11.7. The highest BCUT2D eigenvalue weighted by Crippen LogP contribution is 2.08. The lowest BCUT2D eigenvalue weighted by atomic mass is 10.2. The van der Waals surface area contributed by atoms with Crippen LogP contribution >= 0.6 is 0 Å². The molecule has 0 saturated carbocycles. The average molecular weight is 212 g/mol. The Morgan fingerprint density at radius 3 is 2.53 bits per heavy atom. The van der Waals surface area contributed by atoms with E-state index in [9.17, 15) is 9.59 Å². The van der Waals surface area contributed by atoms with Crippen LogP contribution in [-0.4, -0.2) is 35.6 Å². The third-order valence-corrected chi connectivity index (χ3v) is 2.29. The number of nitrogens with one attached hydrogen (secondary N) is 2. The second-order valence-electron chi connectivity index (χ2n) is 3.64. The Labute approximate surface area is 88.5 Å². The Bertz CT molecular complexity index is 268. The molecule has 0 aromatic heterocycles. The lowest BCUT2D eigenvalue weighted by Crippen LogP contribution is -2.48. The molecule has 5 heteroatoms. The molecule has 84 valence electrons. The number of carbonyl (C=O) groups excluding carboxylic acids is 1. The average Bonchev–Trinajstić information content (AvgIpc) is 2.63. The lowest BCUT2D eigenvalue weighted by molar-refractivity contribution is -0.141. The van der Waals surface area contributed by atoms with Gasteiger partial charge in [0.15, 0.2) is 0 Å². The maximum Gasteiger partial charge on any atom is 0.327 e. The van der Waals surface area contributed by atoms with Gasteiger partial charge in [-0.05, 0) is 12.8 Å². The number of carboxylic acid groups (broad SMARTS) is 1. The van der Waals surface area contributed by atoms with Gasteiger partial charge in [-0.2, -0.15) is 0 Å². The van der Waals surface area contributed by atoms with E-state index in [2.05, 4.69) is 22.8 Å². The van der Waals surface area contributed by atoms with Crippen LogP contribution in [0.25, 0.3) is 0 Å². The van der Waals surface area contributed by atoms with Gasteiger partial charge in [-0.25, -0.2) is 4.79 Å². The van der Waals surface area contributed by atoms with Crippen LogP contribution in [0.15, 0.2) is 12.2 Å². The van der Waals surface area contributed by atoms with Crippen molar-refractivity contribution in [2.75, 3.05) is 6.54 Å². The van der Waals surface area contributed by atoms with Gasteiger partial charge in [0, 0.05) is 19.5 Å². The maximum atomic E-state index is 10.8. The fourth-order valence-corrected chi connectivity index (χ4v) is 1.51. The molecule has 1 aliphatic rings. The number of carbonyl (C=O) groups is 2. The second kappa shape index (κ2) is 5.50. The molecule has 1 unspecified atom stereocenters. The Hall–Kier alpha value is -1.36. The van der Waals surface area contributed by atoms with Crippen molar-refractivity contribution >= 4 is 11.9 Å². The van der Waals surface area contributed by atoms with Gasteiger partial charge in [0.2, 0.25) is 5.91 Å². The zero-order valence-corrected chi connectivity index (χ0v) is 8.69. The topological polar surface area (TPSA) is 78.4 Å². The van der Waals surface area contributed by atoms with Crippen molar-refractivity contribution in [1.29, 1.82) is 0 Å². The minimum Gasteiger partial charge on any atom is -0.480 e. The Balaban J connectivity index is 2.30. The van der Waals surface area contributed by atoms with E-state index in [1.807, 2.05) is 0 Å². The SMILES string of the molecule is CC(=O)NC(CNC1CC=CC1)C(=O)O. The summed E-state index contributed by atoms with van der Waals surface area (Å²) in [4.78, 5) is 21.5. The molecule has 0 saturated heterocycles. The Morgan fingerprint density at radius 2 is 2.07 bits per heavy atom. The molecule has 0 spiro atoms. The molecule has 0 bridgehead atoms. The highest BCUT2D eigenvalue weighted by molar-refractivity contribution is 5.82. The summed E-state index contributed by atoms with van der Waals surface area (Å²) in [6, 6.07) is -0.538. The van der Waals surface area contributed by atoms with Crippen molar-refractivity contribution in [2.24, 2.45) is 0 Å². The summed E-state index contributed by atoms with van der Waals surface area (Å²) in [5.41, 5.74) is 0. The number of rotatable bonds is 5. The van der Waals surface area contributed by atoms with Gasteiger partial charge in [0.05, 0.1) is 0 Å². The zero-order valence-electron chi connectivity index (χ0n) is 8.69. The fraction of sp³-hybridized carbons (Fsp3) is 0.600. The van der Waals surface area contributed by atoms with E-state index in [0.29, 0.717) is 6.04 Å². The zero-order chi connectivity index (χ0) is 11.3. The highest BCUT2D eigenvalue weighted by Gasteiger charge is 2.19. The number of hydrogen-bond acceptors (Lipinski definition) is 3. The van der Waals surface area contributed by atoms with Crippen molar-refractivity contribution in [3.63, 3.8) is 0 Å². The minimum atomic E-state index is -1.01. The normalized spacial score (nSPS) is 17.7. The molecule has 0 aliphatic heterocycles. The Kier molecular flexibility index (Phi) is 4.30. The van der Waals surface area contributed by atoms with Crippen LogP contribution < -0.4 is 10.6 Å². The smallest absolute Gasteiger partial charge is 0.327 e. The number of amides is 1. The molecule has 3 N–H and O–H groups in total. The first-order chi connectivity index (χ1) is 7.09. The van der Waals surface area contributed by atoms with Crippen LogP contribution in [0.4, 0.5) is 0 Å². The molecule has 1 atom stereocenters. The minimum absolute atomic E-state index is 0.265. The summed E-state index contributed by atoms with van der Waals surface area (Å²) < 4.78 is 0. The van der Waals surface area contributed by atoms with Gasteiger partial charge in [-0.15, -0.1) is 0 Å². The third kappa shape index (κ3) is 4.12. The number of hydrogen-bond donors (Lipinski definition) is 3. The van der Waals surface area contributed by atoms with Crippen molar-refractivity contribution in [1.82, 2.24) is 10.6 Å². The first-order valence-electron chi connectivity index (χ1n) is 4.98. The standard InChI is InChI=1S/C10H16N2O3/c1-7(13)12-9(10(14)15)6-11-8-4-2-3-5-8/h2-3,8-9,11H,4-6H2,1H3,(H,12,13)(H,14,15). The van der Waals surface area contributed by atoms with Crippen LogP contribution in [0.1, 0.15) is 19.8 Å². The molecule has 0 aromatic rings. The van der Waals surface area contributed by atoms with Crippen molar-refractivity contribution in [2.45, 2.75) is 31.8 Å². The second-order valence-corrected chi connectivity index (χ2v) is 3.64. The molecule has 5 nitrogen and oxygen atoms in total. The van der Waals surface area contributed by atoms with Crippen molar-refractivity contribution in [3.05, 3.63) is 12.2 Å². The van der Waals surface area contributed by atoms with Gasteiger partial charge < -0.3 is 15.7 Å². The van der Waals surface area contributed by atoms with E-state index in [1.165, 1.54) is 6.92 Å². The van der Waals surface area contributed by atoms with E-state index >= 15 is 0 Å². The summed E-state index contributed by atoms with van der Waals surface area (Å²) in [6.07, 6.45) is 5.97. The number of aliphatic carboxylic acids is 1. The quantitative estimate of drug-likeness (QED) is 0.555. The molecule has 0 radical (unpaired) electrons. The fourth-order valence-electron chi connectivity index (χ4n) is 1.51. The predicted octanol–water partition coefficient (Wildman–Crippen LogP) is -0.116. The molecule has 1 rings (SSSR count). The van der Waals surface area contributed by atoms with Crippen LogP contribution in [0.5, 0.6) is 0 Å². The molecular weight excluding hydrogens is 196 g/mol. The predicted molar refractivity (Wildman–Crippen MR) is 55.4 cm³/mol. The molecular formula is C10H16N2O3. The molecule has 0 heterocycles. The van der Waals surface area contributed by atoms with E-state index in [4.69, 9.17) is 5.11 Å². The van der Waals surface area contributed by atoms with Gasteiger partial charge in [0.25, 0.3) is 0 Å². The summed E-state index contributed by atoms with van der Waals surface area (Å²) in [7, 11) is 0. The first-order valence-corrected chi connectivity index (χ1v) is 4.98. The Morgan fingerprint density at radius 1 is 1.47 bits per heavy atom. The molecule has 1 aliphatic carbocycles. The van der Waals surface area contributed by atoms with Crippen LogP contribution in [0.3, 0.4) is 0 Å².